The standard InChI is InChI=1S/C18H16BrNO3/c1-23-18(22)11-10-13-6-2-5-9-16(13)20-12-17(21)14-7-3-4-8-15(14)19/h2-11,20H,12H2,1H3/b11-10+. The minimum absolute atomic E-state index is 0.0239. The summed E-state index contributed by atoms with van der Waals surface area (Å²) in [6, 6.07) is 14.7. The highest BCUT2D eigenvalue weighted by atomic mass is 79.9. The Morgan fingerprint density at radius 3 is 2.57 bits per heavy atom. The molecule has 23 heavy (non-hydrogen) atoms. The highest BCUT2D eigenvalue weighted by molar-refractivity contribution is 9.10. The Labute approximate surface area is 143 Å². The fraction of sp³-hybridized carbons (Fsp3) is 0.111. The molecule has 118 valence electrons. The number of ketones is 1. The smallest absolute Gasteiger partial charge is 0.330 e. The van der Waals surface area contributed by atoms with E-state index in [9.17, 15) is 9.59 Å². The van der Waals surface area contributed by atoms with Gasteiger partial charge < -0.3 is 10.1 Å². The first-order chi connectivity index (χ1) is 11.1. The van der Waals surface area contributed by atoms with Crippen LogP contribution >= 0.6 is 15.9 Å². The molecule has 0 spiro atoms. The number of carbonyl (C=O) groups excluding carboxylic acids is 2. The minimum atomic E-state index is -0.427. The zero-order valence-corrected chi connectivity index (χ0v) is 14.2. The number of nitrogens with one attached hydrogen (secondary N) is 1. The van der Waals surface area contributed by atoms with E-state index in [4.69, 9.17) is 0 Å². The number of rotatable bonds is 6. The van der Waals surface area contributed by atoms with Gasteiger partial charge in [0, 0.05) is 21.8 Å². The Bertz CT molecular complexity index is 741. The molecule has 0 amide bonds. The number of halogens is 1. The predicted molar refractivity (Wildman–Crippen MR) is 94.5 cm³/mol. The summed E-state index contributed by atoms with van der Waals surface area (Å²) in [5, 5.41) is 3.11. The van der Waals surface area contributed by atoms with Gasteiger partial charge >= 0.3 is 5.97 Å². The molecule has 0 bridgehead atoms. The van der Waals surface area contributed by atoms with Crippen LogP contribution in [0.1, 0.15) is 15.9 Å². The van der Waals surface area contributed by atoms with Crippen molar-refractivity contribution in [3.05, 3.63) is 70.2 Å². The normalized spacial score (nSPS) is 10.5. The van der Waals surface area contributed by atoms with E-state index in [2.05, 4.69) is 26.0 Å². The third kappa shape index (κ3) is 4.79. The highest BCUT2D eigenvalue weighted by Crippen LogP contribution is 2.19. The number of ether oxygens (including phenoxy) is 1. The average molecular weight is 374 g/mol. The zero-order valence-electron chi connectivity index (χ0n) is 12.6. The average Bonchev–Trinajstić information content (AvgIpc) is 2.58. The van der Waals surface area contributed by atoms with E-state index in [1.54, 1.807) is 12.1 Å². The molecule has 0 saturated carbocycles. The van der Waals surface area contributed by atoms with Crippen LogP contribution in [0.15, 0.2) is 59.1 Å². The van der Waals surface area contributed by atoms with Gasteiger partial charge in [-0.05, 0) is 23.8 Å². The zero-order chi connectivity index (χ0) is 16.7. The summed E-state index contributed by atoms with van der Waals surface area (Å²) in [6.07, 6.45) is 2.99. The maximum Gasteiger partial charge on any atom is 0.330 e. The second-order valence-corrected chi connectivity index (χ2v) is 5.55. The molecule has 0 fully saturated rings. The number of Topliss-reactive ketones (excluding diaryl/α,β-unsaturated/α-hetero) is 1. The molecule has 0 heterocycles. The SMILES string of the molecule is COC(=O)/C=C/c1ccccc1NCC(=O)c1ccccc1Br. The van der Waals surface area contributed by atoms with E-state index < -0.39 is 5.97 Å². The lowest BCUT2D eigenvalue weighted by molar-refractivity contribution is -0.134. The number of methoxy groups -OCH3 is 1. The van der Waals surface area contributed by atoms with Gasteiger partial charge in [-0.2, -0.15) is 0 Å². The Kier molecular flexibility index (Phi) is 6.11. The van der Waals surface area contributed by atoms with E-state index in [0.29, 0.717) is 5.56 Å². The van der Waals surface area contributed by atoms with Gasteiger partial charge in [-0.15, -0.1) is 0 Å². The number of anilines is 1. The molecule has 2 rings (SSSR count). The molecule has 0 saturated heterocycles. The van der Waals surface area contributed by atoms with Crippen LogP contribution in [-0.4, -0.2) is 25.4 Å². The molecule has 1 N–H and O–H groups in total. The van der Waals surface area contributed by atoms with E-state index in [0.717, 1.165) is 15.7 Å². The van der Waals surface area contributed by atoms with Crippen LogP contribution in [0.3, 0.4) is 0 Å². The first-order valence-electron chi connectivity index (χ1n) is 6.98. The van der Waals surface area contributed by atoms with Crippen molar-refractivity contribution in [1.29, 1.82) is 0 Å². The van der Waals surface area contributed by atoms with Crippen molar-refractivity contribution >= 4 is 39.4 Å². The molecule has 4 nitrogen and oxygen atoms in total. The van der Waals surface area contributed by atoms with Gasteiger partial charge in [-0.25, -0.2) is 4.79 Å². The van der Waals surface area contributed by atoms with Crippen molar-refractivity contribution in [2.75, 3.05) is 19.0 Å². The molecule has 0 unspecified atom stereocenters. The van der Waals surface area contributed by atoms with E-state index in [1.807, 2.05) is 42.5 Å². The van der Waals surface area contributed by atoms with Gasteiger partial charge in [0.05, 0.1) is 13.7 Å². The van der Waals surface area contributed by atoms with E-state index in [-0.39, 0.29) is 12.3 Å². The second-order valence-electron chi connectivity index (χ2n) is 4.70. The van der Waals surface area contributed by atoms with Crippen molar-refractivity contribution in [3.8, 4) is 0 Å². The molecule has 0 aliphatic rings. The van der Waals surface area contributed by atoms with Gasteiger partial charge in [-0.3, -0.25) is 4.79 Å². The van der Waals surface area contributed by atoms with Crippen molar-refractivity contribution in [2.24, 2.45) is 0 Å². The quantitative estimate of drug-likeness (QED) is 0.473. The summed E-state index contributed by atoms with van der Waals surface area (Å²) in [5.74, 6) is -0.451. The molecular weight excluding hydrogens is 358 g/mol. The van der Waals surface area contributed by atoms with Gasteiger partial charge in [0.2, 0.25) is 0 Å². The maximum absolute atomic E-state index is 12.3. The van der Waals surface area contributed by atoms with Crippen LogP contribution in [0.2, 0.25) is 0 Å². The maximum atomic E-state index is 12.3. The molecule has 0 radical (unpaired) electrons. The first kappa shape index (κ1) is 17.0. The van der Waals surface area contributed by atoms with Crippen molar-refractivity contribution in [2.45, 2.75) is 0 Å². The fourth-order valence-electron chi connectivity index (χ4n) is 1.99. The lowest BCUT2D eigenvalue weighted by Crippen LogP contribution is -2.15. The molecule has 0 aromatic heterocycles. The summed E-state index contributed by atoms with van der Waals surface area (Å²) in [6.45, 7) is 0.158. The molecule has 0 atom stereocenters. The molecule has 0 aliphatic carbocycles. The number of hydrogen-bond acceptors (Lipinski definition) is 4. The van der Waals surface area contributed by atoms with Crippen molar-refractivity contribution in [1.82, 2.24) is 0 Å². The van der Waals surface area contributed by atoms with Crippen LogP contribution in [0.25, 0.3) is 6.08 Å². The van der Waals surface area contributed by atoms with Crippen molar-refractivity contribution in [3.63, 3.8) is 0 Å². The van der Waals surface area contributed by atoms with E-state index in [1.165, 1.54) is 13.2 Å². The van der Waals surface area contributed by atoms with Crippen LogP contribution in [-0.2, 0) is 9.53 Å². The number of para-hydroxylation sites is 1. The molecular formula is C18H16BrNO3. The van der Waals surface area contributed by atoms with Gasteiger partial charge in [0.15, 0.2) is 5.78 Å². The fourth-order valence-corrected chi connectivity index (χ4v) is 2.49. The predicted octanol–water partition coefficient (Wildman–Crippen LogP) is 3.93. The molecule has 2 aromatic rings. The number of hydrogen-bond donors (Lipinski definition) is 1. The molecule has 5 heteroatoms. The summed E-state index contributed by atoms with van der Waals surface area (Å²) < 4.78 is 5.34. The lowest BCUT2D eigenvalue weighted by atomic mass is 10.1. The minimum Gasteiger partial charge on any atom is -0.466 e. The number of benzene rings is 2. The van der Waals surface area contributed by atoms with Gasteiger partial charge in [-0.1, -0.05) is 52.3 Å². The summed E-state index contributed by atoms with van der Waals surface area (Å²) >= 11 is 3.38. The van der Waals surface area contributed by atoms with Crippen LogP contribution in [0, 0.1) is 0 Å². The largest absolute Gasteiger partial charge is 0.466 e. The molecule has 2 aromatic carbocycles. The summed E-state index contributed by atoms with van der Waals surface area (Å²) in [5.41, 5.74) is 2.20. The summed E-state index contributed by atoms with van der Waals surface area (Å²) in [4.78, 5) is 23.5. The van der Waals surface area contributed by atoms with Gasteiger partial charge in [0.25, 0.3) is 0 Å². The first-order valence-corrected chi connectivity index (χ1v) is 7.78. The Morgan fingerprint density at radius 1 is 1.13 bits per heavy atom. The third-order valence-electron chi connectivity index (χ3n) is 3.17. The Hall–Kier alpha value is -2.40. The van der Waals surface area contributed by atoms with Crippen LogP contribution in [0.5, 0.6) is 0 Å². The topological polar surface area (TPSA) is 55.4 Å². The highest BCUT2D eigenvalue weighted by Gasteiger charge is 2.09. The summed E-state index contributed by atoms with van der Waals surface area (Å²) in [7, 11) is 1.33. The number of carbonyl (C=O) groups is 2. The Morgan fingerprint density at radius 2 is 1.83 bits per heavy atom. The lowest BCUT2D eigenvalue weighted by Gasteiger charge is -2.10. The van der Waals surface area contributed by atoms with Crippen LogP contribution < -0.4 is 5.32 Å². The number of esters is 1. The van der Waals surface area contributed by atoms with Crippen molar-refractivity contribution < 1.29 is 14.3 Å². The third-order valence-corrected chi connectivity index (χ3v) is 3.87. The Balaban J connectivity index is 2.09. The van der Waals surface area contributed by atoms with E-state index >= 15 is 0 Å². The molecule has 0 aliphatic heterocycles. The monoisotopic (exact) mass is 373 g/mol. The van der Waals surface area contributed by atoms with Gasteiger partial charge in [0.1, 0.15) is 0 Å². The second kappa shape index (κ2) is 8.29. The van der Waals surface area contributed by atoms with Crippen LogP contribution in [0.4, 0.5) is 5.69 Å².